The van der Waals surface area contributed by atoms with Crippen molar-refractivity contribution in [1.29, 1.82) is 0 Å². The third-order valence-corrected chi connectivity index (χ3v) is 4.35. The molecule has 1 aromatic rings. The normalized spacial score (nSPS) is 21.1. The molecule has 1 aliphatic heterocycles. The van der Waals surface area contributed by atoms with E-state index in [0.717, 1.165) is 43.9 Å². The fourth-order valence-corrected chi connectivity index (χ4v) is 2.50. The first-order chi connectivity index (χ1) is 9.72. The van der Waals surface area contributed by atoms with E-state index in [2.05, 4.69) is 24.4 Å². The molecular weight excluding hydrogens is 254 g/mol. The third kappa shape index (κ3) is 2.91. The first-order valence-electron chi connectivity index (χ1n) is 7.46. The van der Waals surface area contributed by atoms with E-state index in [0.29, 0.717) is 6.61 Å². The number of hydrogen-bond donors (Lipinski definition) is 2. The van der Waals surface area contributed by atoms with Crippen LogP contribution in [0, 0.1) is 5.41 Å². The second kappa shape index (κ2) is 5.62. The van der Waals surface area contributed by atoms with Crippen molar-refractivity contribution in [2.24, 2.45) is 5.41 Å². The second-order valence-corrected chi connectivity index (χ2v) is 6.02. The lowest BCUT2D eigenvalue weighted by molar-refractivity contribution is 0.204. The summed E-state index contributed by atoms with van der Waals surface area (Å²) in [6.07, 6.45) is 3.19. The van der Waals surface area contributed by atoms with E-state index in [4.69, 9.17) is 9.47 Å². The number of hydrogen-bond acceptors (Lipinski definition) is 4. The van der Waals surface area contributed by atoms with Crippen molar-refractivity contribution in [3.8, 4) is 11.5 Å². The maximum Gasteiger partial charge on any atom is 0.161 e. The Kier molecular flexibility index (Phi) is 3.85. The van der Waals surface area contributed by atoms with Crippen LogP contribution in [-0.4, -0.2) is 31.5 Å². The van der Waals surface area contributed by atoms with Crippen LogP contribution in [-0.2, 0) is 0 Å². The summed E-state index contributed by atoms with van der Waals surface area (Å²) in [4.78, 5) is 0. The van der Waals surface area contributed by atoms with Crippen LogP contribution >= 0.6 is 0 Å². The Morgan fingerprint density at radius 1 is 1.25 bits per heavy atom. The van der Waals surface area contributed by atoms with E-state index < -0.39 is 0 Å². The minimum absolute atomic E-state index is 0.138. The number of nitrogens with one attached hydrogen (secondary N) is 1. The molecule has 4 nitrogen and oxygen atoms in total. The topological polar surface area (TPSA) is 50.7 Å². The maximum atomic E-state index is 9.35. The molecule has 0 bridgehead atoms. The van der Waals surface area contributed by atoms with Gasteiger partial charge >= 0.3 is 0 Å². The van der Waals surface area contributed by atoms with Crippen LogP contribution in [0.2, 0.25) is 0 Å². The zero-order valence-electron chi connectivity index (χ0n) is 12.0. The molecule has 0 radical (unpaired) electrons. The Morgan fingerprint density at radius 2 is 2.00 bits per heavy atom. The van der Waals surface area contributed by atoms with Gasteiger partial charge in [0.2, 0.25) is 0 Å². The largest absolute Gasteiger partial charge is 0.490 e. The smallest absolute Gasteiger partial charge is 0.161 e. The van der Waals surface area contributed by atoms with Gasteiger partial charge in [-0.1, -0.05) is 6.07 Å². The minimum Gasteiger partial charge on any atom is -0.490 e. The van der Waals surface area contributed by atoms with Crippen LogP contribution in [0.1, 0.15) is 37.8 Å². The van der Waals surface area contributed by atoms with Gasteiger partial charge in [-0.2, -0.15) is 0 Å². The summed E-state index contributed by atoms with van der Waals surface area (Å²) in [7, 11) is 0. The van der Waals surface area contributed by atoms with Gasteiger partial charge in [-0.05, 0) is 37.5 Å². The Balaban J connectivity index is 1.65. The van der Waals surface area contributed by atoms with Crippen molar-refractivity contribution in [3.63, 3.8) is 0 Å². The van der Waals surface area contributed by atoms with Gasteiger partial charge in [0.15, 0.2) is 11.5 Å². The monoisotopic (exact) mass is 277 g/mol. The Morgan fingerprint density at radius 3 is 2.70 bits per heavy atom. The summed E-state index contributed by atoms with van der Waals surface area (Å²) < 4.78 is 11.4. The lowest BCUT2D eigenvalue weighted by Gasteiger charge is -2.19. The molecule has 1 saturated carbocycles. The molecule has 0 aromatic heterocycles. The van der Waals surface area contributed by atoms with Crippen LogP contribution in [0.15, 0.2) is 18.2 Å². The Labute approximate surface area is 120 Å². The number of ether oxygens (including phenoxy) is 2. The van der Waals surface area contributed by atoms with Crippen LogP contribution < -0.4 is 14.8 Å². The molecule has 2 N–H and O–H groups in total. The van der Waals surface area contributed by atoms with Crippen LogP contribution in [0.25, 0.3) is 0 Å². The van der Waals surface area contributed by atoms with Crippen molar-refractivity contribution in [1.82, 2.24) is 5.32 Å². The predicted octanol–water partition coefficient (Wildman–Crippen LogP) is 2.27. The fourth-order valence-electron chi connectivity index (χ4n) is 2.50. The van der Waals surface area contributed by atoms with Gasteiger partial charge < -0.3 is 19.9 Å². The van der Waals surface area contributed by atoms with E-state index in [1.165, 1.54) is 5.56 Å². The standard InChI is InChI=1S/C16H23NO3/c1-12(17-10-16(11-18)5-6-16)13-3-4-14-15(9-13)20-8-2-7-19-14/h3-4,9,12,17-18H,2,5-8,10-11H2,1H3. The molecule has 0 saturated heterocycles. The van der Waals surface area contributed by atoms with Gasteiger partial charge in [-0.25, -0.2) is 0 Å². The number of fused-ring (bicyclic) bond motifs is 1. The summed E-state index contributed by atoms with van der Waals surface area (Å²) in [5.74, 6) is 1.68. The molecule has 1 fully saturated rings. The zero-order chi connectivity index (χ0) is 14.0. The van der Waals surface area contributed by atoms with Gasteiger partial charge in [-0.3, -0.25) is 0 Å². The van der Waals surface area contributed by atoms with E-state index in [9.17, 15) is 5.11 Å². The number of aliphatic hydroxyl groups is 1. The second-order valence-electron chi connectivity index (χ2n) is 6.02. The van der Waals surface area contributed by atoms with Gasteiger partial charge in [0, 0.05) is 31.0 Å². The first-order valence-corrected chi connectivity index (χ1v) is 7.46. The van der Waals surface area contributed by atoms with Crippen LogP contribution in [0.3, 0.4) is 0 Å². The molecular formula is C16H23NO3. The summed E-state index contributed by atoms with van der Waals surface area (Å²) in [5, 5.41) is 12.9. The molecule has 0 spiro atoms. The average molecular weight is 277 g/mol. The van der Waals surface area contributed by atoms with Gasteiger partial charge in [0.25, 0.3) is 0 Å². The molecule has 20 heavy (non-hydrogen) atoms. The molecule has 1 heterocycles. The van der Waals surface area contributed by atoms with Gasteiger partial charge in [0.05, 0.1) is 13.2 Å². The third-order valence-electron chi connectivity index (χ3n) is 4.35. The minimum atomic E-state index is 0.138. The number of aliphatic hydroxyl groups excluding tert-OH is 1. The van der Waals surface area contributed by atoms with E-state index in [1.807, 2.05) is 6.07 Å². The molecule has 1 aliphatic carbocycles. The SMILES string of the molecule is CC(NCC1(CO)CC1)c1ccc2c(c1)OCCCO2. The lowest BCUT2D eigenvalue weighted by atomic mass is 10.0. The van der Waals surface area contributed by atoms with E-state index in [1.54, 1.807) is 0 Å². The highest BCUT2D eigenvalue weighted by atomic mass is 16.5. The average Bonchev–Trinajstić information content (AvgIpc) is 3.28. The van der Waals surface area contributed by atoms with Crippen LogP contribution in [0.4, 0.5) is 0 Å². The molecule has 4 heteroatoms. The van der Waals surface area contributed by atoms with E-state index >= 15 is 0 Å². The Hall–Kier alpha value is -1.26. The molecule has 3 rings (SSSR count). The first kappa shape index (κ1) is 13.7. The summed E-state index contributed by atoms with van der Waals surface area (Å²) in [6, 6.07) is 6.39. The highest BCUT2D eigenvalue weighted by Gasteiger charge is 2.41. The molecule has 110 valence electrons. The number of benzene rings is 1. The quantitative estimate of drug-likeness (QED) is 0.867. The highest BCUT2D eigenvalue weighted by Crippen LogP contribution is 2.44. The summed E-state index contributed by atoms with van der Waals surface area (Å²) in [6.45, 7) is 4.74. The highest BCUT2D eigenvalue weighted by molar-refractivity contribution is 5.44. The fraction of sp³-hybridized carbons (Fsp3) is 0.625. The molecule has 1 atom stereocenters. The summed E-state index contributed by atoms with van der Waals surface area (Å²) >= 11 is 0. The van der Waals surface area contributed by atoms with Crippen LogP contribution in [0.5, 0.6) is 11.5 Å². The van der Waals surface area contributed by atoms with Gasteiger partial charge in [-0.15, -0.1) is 0 Å². The lowest BCUT2D eigenvalue weighted by Crippen LogP contribution is -2.28. The molecule has 2 aliphatic rings. The Bertz CT molecular complexity index is 471. The van der Waals surface area contributed by atoms with Crippen molar-refractivity contribution in [3.05, 3.63) is 23.8 Å². The maximum absolute atomic E-state index is 9.35. The molecule has 1 unspecified atom stereocenters. The molecule has 1 aromatic carbocycles. The van der Waals surface area contributed by atoms with Crippen molar-refractivity contribution >= 4 is 0 Å². The number of rotatable bonds is 5. The van der Waals surface area contributed by atoms with Crippen molar-refractivity contribution in [2.75, 3.05) is 26.4 Å². The van der Waals surface area contributed by atoms with Crippen molar-refractivity contribution in [2.45, 2.75) is 32.2 Å². The zero-order valence-corrected chi connectivity index (χ0v) is 12.0. The van der Waals surface area contributed by atoms with Crippen molar-refractivity contribution < 1.29 is 14.6 Å². The molecule has 0 amide bonds. The van der Waals surface area contributed by atoms with E-state index in [-0.39, 0.29) is 18.1 Å². The van der Waals surface area contributed by atoms with Gasteiger partial charge in [0.1, 0.15) is 0 Å². The predicted molar refractivity (Wildman–Crippen MR) is 77.2 cm³/mol. The summed E-state index contributed by atoms with van der Waals surface area (Å²) in [5.41, 5.74) is 1.34.